The fourth-order valence-corrected chi connectivity index (χ4v) is 16.9. The lowest BCUT2D eigenvalue weighted by molar-refractivity contribution is 0.569. The number of hydrogen-bond donors (Lipinski definition) is 0. The third-order valence-electron chi connectivity index (χ3n) is 21.6. The number of para-hydroxylation sites is 8. The first-order valence-corrected chi connectivity index (χ1v) is 34.8. The predicted octanol–water partition coefficient (Wildman–Crippen LogP) is 22.4. The Labute approximate surface area is 575 Å². The molecule has 0 unspecified atom stereocenters. The van der Waals surface area contributed by atoms with Gasteiger partial charge < -0.3 is 28.1 Å². The van der Waals surface area contributed by atoms with Gasteiger partial charge in [0.1, 0.15) is 0 Å². The van der Waals surface area contributed by atoms with Gasteiger partial charge in [-0.1, -0.05) is 217 Å². The number of aromatic nitrogens is 4. The molecule has 4 aromatic heterocycles. The Hall–Kier alpha value is -12.1. The molecule has 0 saturated heterocycles. The minimum atomic E-state index is -0.180. The van der Waals surface area contributed by atoms with E-state index in [1.54, 1.807) is 0 Å². The first-order chi connectivity index (χ1) is 48.4. The van der Waals surface area contributed by atoms with Crippen molar-refractivity contribution in [1.29, 1.82) is 0 Å². The van der Waals surface area contributed by atoms with Gasteiger partial charge >= 0.3 is 0 Å². The maximum absolute atomic E-state index is 2.61. The number of fused-ring (bicyclic) bond motifs is 16. The molecule has 18 aromatic rings. The second-order valence-corrected chi connectivity index (χ2v) is 29.3. The van der Waals surface area contributed by atoms with Crippen LogP contribution in [0.15, 0.2) is 309 Å². The van der Waals surface area contributed by atoms with E-state index in [2.05, 4.69) is 379 Å². The van der Waals surface area contributed by atoms with Crippen molar-refractivity contribution >= 4 is 144 Å². The molecule has 2 aliphatic rings. The summed E-state index contributed by atoms with van der Waals surface area (Å²) in [6, 6.07) is 117. The van der Waals surface area contributed by atoms with Gasteiger partial charge in [0.25, 0.3) is 6.71 Å². The molecule has 6 heterocycles. The van der Waals surface area contributed by atoms with E-state index in [1.165, 1.54) is 120 Å². The van der Waals surface area contributed by atoms with Crippen molar-refractivity contribution in [3.05, 3.63) is 321 Å². The fourth-order valence-electron chi connectivity index (χ4n) is 16.9. The van der Waals surface area contributed by atoms with E-state index >= 15 is 0 Å². The van der Waals surface area contributed by atoms with Crippen molar-refractivity contribution in [2.45, 2.75) is 52.4 Å². The SMILES string of the molecule is CC(C)(C)c1cc(-c2cc3c4c(c2)N(c2ccc(-n5c6ccccc6c6ccccc65)cc2)c2cc(-n5c6ccccc6c6ccccc65)ccc2B4c2ccc(-n4c5ccccc5c5ccccc54)cc2N3c2ccc(-n3c4ccccc4c4ccccc43)cc2)cc(C(C)(C)C)c1. The van der Waals surface area contributed by atoms with Crippen molar-refractivity contribution < 1.29 is 0 Å². The quantitative estimate of drug-likeness (QED) is 0.149. The molecule has 20 rings (SSSR count). The summed E-state index contributed by atoms with van der Waals surface area (Å²) in [5.41, 5.74) is 29.1. The summed E-state index contributed by atoms with van der Waals surface area (Å²) < 4.78 is 9.83. The standard InChI is InChI=1S/C92H69BN6/c1-91(2,3)60-51-58(52-61(55-60)92(4,5)6)59-53-88-90-89(54-59)97(65-45-41-63(42-46-65)95-80-33-17-9-25-70(80)71-26-10-18-34-81(71)95)87-57-67(99-84-37-21-13-29-74(84)75-30-14-22-38-85(75)99)48-50-77(87)93(90)76-49-47-66(98-82-35-19-11-27-72(82)73-28-12-20-36-83(73)98)56-86(76)96(88)64-43-39-62(40-44-64)94-78-31-15-7-23-68(78)69-24-8-16-32-79(69)94/h7-57H,1-6H3. The van der Waals surface area contributed by atoms with Gasteiger partial charge in [-0.3, -0.25) is 0 Å². The lowest BCUT2D eigenvalue weighted by atomic mass is 9.33. The van der Waals surface area contributed by atoms with Gasteiger partial charge in [-0.25, -0.2) is 0 Å². The van der Waals surface area contributed by atoms with Gasteiger partial charge in [-0.2, -0.15) is 0 Å². The van der Waals surface area contributed by atoms with Crippen LogP contribution in [0.5, 0.6) is 0 Å². The van der Waals surface area contributed by atoms with Crippen molar-refractivity contribution in [1.82, 2.24) is 18.3 Å². The molecule has 7 heteroatoms. The maximum atomic E-state index is 2.61. The van der Waals surface area contributed by atoms with Gasteiger partial charge in [-0.05, 0) is 183 Å². The highest BCUT2D eigenvalue weighted by Gasteiger charge is 2.44. The van der Waals surface area contributed by atoms with Crippen LogP contribution in [-0.2, 0) is 10.8 Å². The molecule has 99 heavy (non-hydrogen) atoms. The van der Waals surface area contributed by atoms with Gasteiger partial charge in [0.2, 0.25) is 0 Å². The average Bonchev–Trinajstić information content (AvgIpc) is 1.66. The highest BCUT2D eigenvalue weighted by molar-refractivity contribution is 7.00. The van der Waals surface area contributed by atoms with Gasteiger partial charge in [0.15, 0.2) is 0 Å². The van der Waals surface area contributed by atoms with Crippen molar-refractivity contribution in [3.63, 3.8) is 0 Å². The Balaban J connectivity index is 0.892. The molecule has 0 spiro atoms. The lowest BCUT2D eigenvalue weighted by Gasteiger charge is -2.44. The van der Waals surface area contributed by atoms with Gasteiger partial charge in [0.05, 0.1) is 44.1 Å². The molecule has 0 aliphatic carbocycles. The van der Waals surface area contributed by atoms with E-state index < -0.39 is 0 Å². The van der Waals surface area contributed by atoms with Crippen LogP contribution in [0.3, 0.4) is 0 Å². The second-order valence-electron chi connectivity index (χ2n) is 29.3. The minimum Gasteiger partial charge on any atom is -0.311 e. The summed E-state index contributed by atoms with van der Waals surface area (Å²) in [5.74, 6) is 0. The zero-order valence-electron chi connectivity index (χ0n) is 56.2. The number of rotatable bonds is 7. The summed E-state index contributed by atoms with van der Waals surface area (Å²) >= 11 is 0. The summed E-state index contributed by atoms with van der Waals surface area (Å²) in [4.78, 5) is 5.22. The molecule has 0 N–H and O–H groups in total. The summed E-state index contributed by atoms with van der Waals surface area (Å²) in [6.07, 6.45) is 0. The fraction of sp³-hybridized carbons (Fsp3) is 0.0870. The largest absolute Gasteiger partial charge is 0.311 e. The third-order valence-corrected chi connectivity index (χ3v) is 21.6. The third kappa shape index (κ3) is 8.56. The van der Waals surface area contributed by atoms with Crippen LogP contribution in [0, 0.1) is 0 Å². The molecule has 0 fully saturated rings. The Morgan fingerprint density at radius 3 is 0.747 bits per heavy atom. The number of hydrogen-bond acceptors (Lipinski definition) is 2. The molecular weight excluding hydrogens is 1200 g/mol. The number of anilines is 6. The Bertz CT molecular complexity index is 5810. The zero-order valence-corrected chi connectivity index (χ0v) is 56.2. The van der Waals surface area contributed by atoms with Gasteiger partial charge in [-0.15, -0.1) is 0 Å². The average molecular weight is 1270 g/mol. The van der Waals surface area contributed by atoms with E-state index in [1.807, 2.05) is 0 Å². The molecule has 0 atom stereocenters. The van der Waals surface area contributed by atoms with Crippen LogP contribution in [-0.4, -0.2) is 25.0 Å². The van der Waals surface area contributed by atoms with Crippen LogP contribution in [0.25, 0.3) is 121 Å². The molecule has 6 nitrogen and oxygen atoms in total. The summed E-state index contributed by atoms with van der Waals surface area (Å²) in [6.45, 7) is 13.9. The van der Waals surface area contributed by atoms with E-state index in [9.17, 15) is 0 Å². The Morgan fingerprint density at radius 1 is 0.222 bits per heavy atom. The summed E-state index contributed by atoms with van der Waals surface area (Å²) in [5, 5.41) is 9.91. The molecule has 0 radical (unpaired) electrons. The van der Waals surface area contributed by atoms with Crippen molar-refractivity contribution in [3.8, 4) is 33.9 Å². The van der Waals surface area contributed by atoms with Crippen molar-refractivity contribution in [2.24, 2.45) is 0 Å². The van der Waals surface area contributed by atoms with E-state index in [0.717, 1.165) is 62.4 Å². The molecule has 470 valence electrons. The smallest absolute Gasteiger partial charge is 0.252 e. The predicted molar refractivity (Wildman–Crippen MR) is 421 cm³/mol. The topological polar surface area (TPSA) is 26.2 Å². The second kappa shape index (κ2) is 21.2. The monoisotopic (exact) mass is 1270 g/mol. The van der Waals surface area contributed by atoms with Crippen molar-refractivity contribution in [2.75, 3.05) is 9.80 Å². The van der Waals surface area contributed by atoms with E-state index in [-0.39, 0.29) is 17.5 Å². The highest BCUT2D eigenvalue weighted by atomic mass is 15.2. The molecule has 14 aromatic carbocycles. The van der Waals surface area contributed by atoms with Crippen LogP contribution in [0.2, 0.25) is 0 Å². The molecule has 0 amide bonds. The van der Waals surface area contributed by atoms with E-state index in [4.69, 9.17) is 0 Å². The van der Waals surface area contributed by atoms with Crippen LogP contribution < -0.4 is 26.2 Å². The van der Waals surface area contributed by atoms with Crippen LogP contribution in [0.1, 0.15) is 52.7 Å². The molecule has 0 bridgehead atoms. The van der Waals surface area contributed by atoms with Crippen LogP contribution >= 0.6 is 0 Å². The number of nitrogens with zero attached hydrogens (tertiary/aromatic N) is 6. The van der Waals surface area contributed by atoms with Crippen LogP contribution in [0.4, 0.5) is 34.1 Å². The first-order valence-electron chi connectivity index (χ1n) is 34.8. The Morgan fingerprint density at radius 2 is 0.465 bits per heavy atom. The molecule has 2 aliphatic heterocycles. The van der Waals surface area contributed by atoms with E-state index in [0.29, 0.717) is 0 Å². The highest BCUT2D eigenvalue weighted by Crippen LogP contribution is 2.50. The normalized spacial score (nSPS) is 13.1. The number of benzene rings is 14. The molecular formula is C92H69BN6. The zero-order chi connectivity index (χ0) is 66.2. The lowest BCUT2D eigenvalue weighted by Crippen LogP contribution is -2.61. The minimum absolute atomic E-state index is 0.123. The summed E-state index contributed by atoms with van der Waals surface area (Å²) in [7, 11) is 0. The first kappa shape index (κ1) is 57.2. The Kier molecular flexibility index (Phi) is 12.3. The maximum Gasteiger partial charge on any atom is 0.252 e. The molecule has 0 saturated carbocycles. The van der Waals surface area contributed by atoms with Gasteiger partial charge in [0, 0.05) is 100.0 Å².